The minimum Gasteiger partial charge on any atom is -0.481 e. The van der Waals surface area contributed by atoms with Crippen LogP contribution in [0, 0.1) is 0 Å². The highest BCUT2D eigenvalue weighted by atomic mass is 32.2. The van der Waals surface area contributed by atoms with Crippen LogP contribution in [0.3, 0.4) is 0 Å². The number of rotatable bonds is 3. The first-order valence-electron chi connectivity index (χ1n) is 6.03. The Labute approximate surface area is 109 Å². The SMILES string of the molecule is O=C(O)CC1CCCCN1C(=O)C1CSC(=O)N1. The molecule has 2 saturated heterocycles. The maximum absolute atomic E-state index is 12.2. The van der Waals surface area contributed by atoms with Crippen LogP contribution in [0.1, 0.15) is 25.7 Å². The van der Waals surface area contributed by atoms with Crippen LogP contribution in [0.15, 0.2) is 0 Å². The number of amides is 2. The summed E-state index contributed by atoms with van der Waals surface area (Å²) in [5.74, 6) is -0.586. The van der Waals surface area contributed by atoms with Gasteiger partial charge in [0.25, 0.3) is 5.24 Å². The van der Waals surface area contributed by atoms with Crippen molar-refractivity contribution in [1.82, 2.24) is 10.2 Å². The van der Waals surface area contributed by atoms with Crippen LogP contribution in [0.25, 0.3) is 0 Å². The van der Waals surface area contributed by atoms with E-state index in [1.165, 1.54) is 0 Å². The molecule has 2 aliphatic rings. The van der Waals surface area contributed by atoms with Crippen LogP contribution in [0.2, 0.25) is 0 Å². The minimum atomic E-state index is -0.885. The smallest absolute Gasteiger partial charge is 0.305 e. The molecule has 0 aromatic carbocycles. The molecule has 2 fully saturated rings. The van der Waals surface area contributed by atoms with Crippen molar-refractivity contribution in [2.75, 3.05) is 12.3 Å². The van der Waals surface area contributed by atoms with Gasteiger partial charge in [0.15, 0.2) is 0 Å². The van der Waals surface area contributed by atoms with Gasteiger partial charge in [0, 0.05) is 18.3 Å². The summed E-state index contributed by atoms with van der Waals surface area (Å²) in [5.41, 5.74) is 0. The lowest BCUT2D eigenvalue weighted by Gasteiger charge is -2.36. The van der Waals surface area contributed by atoms with Gasteiger partial charge < -0.3 is 15.3 Å². The molecule has 0 radical (unpaired) electrons. The van der Waals surface area contributed by atoms with Gasteiger partial charge in [-0.1, -0.05) is 11.8 Å². The predicted octanol–water partition coefficient (Wildman–Crippen LogP) is 0.667. The van der Waals surface area contributed by atoms with Gasteiger partial charge >= 0.3 is 5.97 Å². The molecule has 0 spiro atoms. The van der Waals surface area contributed by atoms with Crippen molar-refractivity contribution in [3.05, 3.63) is 0 Å². The molecule has 2 unspecified atom stereocenters. The van der Waals surface area contributed by atoms with Crippen LogP contribution in [-0.2, 0) is 9.59 Å². The van der Waals surface area contributed by atoms with Crippen molar-refractivity contribution in [3.63, 3.8) is 0 Å². The van der Waals surface area contributed by atoms with E-state index in [1.54, 1.807) is 4.90 Å². The molecule has 0 aromatic rings. The Hall–Kier alpha value is -1.24. The fraction of sp³-hybridized carbons (Fsp3) is 0.727. The van der Waals surface area contributed by atoms with E-state index in [1.807, 2.05) is 0 Å². The molecule has 0 saturated carbocycles. The van der Waals surface area contributed by atoms with Crippen molar-refractivity contribution >= 4 is 28.9 Å². The Bertz CT molecular complexity index is 374. The molecule has 2 N–H and O–H groups in total. The summed E-state index contributed by atoms with van der Waals surface area (Å²) in [4.78, 5) is 35.8. The quantitative estimate of drug-likeness (QED) is 0.788. The maximum atomic E-state index is 12.2. The van der Waals surface area contributed by atoms with E-state index in [0.29, 0.717) is 12.3 Å². The van der Waals surface area contributed by atoms with Gasteiger partial charge in [0.05, 0.1) is 6.42 Å². The number of hydrogen-bond acceptors (Lipinski definition) is 4. The Balaban J connectivity index is 2.01. The molecule has 100 valence electrons. The molecule has 2 amide bonds. The number of thioether (sulfide) groups is 1. The van der Waals surface area contributed by atoms with E-state index in [9.17, 15) is 14.4 Å². The fourth-order valence-electron chi connectivity index (χ4n) is 2.42. The first kappa shape index (κ1) is 13.2. The second kappa shape index (κ2) is 5.60. The molecule has 18 heavy (non-hydrogen) atoms. The van der Waals surface area contributed by atoms with E-state index in [-0.39, 0.29) is 23.6 Å². The van der Waals surface area contributed by atoms with Gasteiger partial charge in [-0.15, -0.1) is 0 Å². The average molecular weight is 272 g/mol. The lowest BCUT2D eigenvalue weighted by Crippen LogP contribution is -2.52. The molecular weight excluding hydrogens is 256 g/mol. The molecule has 7 heteroatoms. The zero-order chi connectivity index (χ0) is 13.1. The summed E-state index contributed by atoms with van der Waals surface area (Å²) >= 11 is 1.10. The lowest BCUT2D eigenvalue weighted by atomic mass is 9.98. The Morgan fingerprint density at radius 1 is 1.44 bits per heavy atom. The summed E-state index contributed by atoms with van der Waals surface area (Å²) in [5, 5.41) is 11.3. The molecule has 0 aromatic heterocycles. The zero-order valence-electron chi connectivity index (χ0n) is 9.92. The molecule has 2 atom stereocenters. The topological polar surface area (TPSA) is 86.7 Å². The number of nitrogens with zero attached hydrogens (tertiary/aromatic N) is 1. The highest BCUT2D eigenvalue weighted by Crippen LogP contribution is 2.23. The van der Waals surface area contributed by atoms with Crippen LogP contribution in [-0.4, -0.2) is 51.5 Å². The minimum absolute atomic E-state index is 0.0143. The molecule has 6 nitrogen and oxygen atoms in total. The van der Waals surface area contributed by atoms with Gasteiger partial charge in [0.1, 0.15) is 6.04 Å². The third-order valence-corrected chi connectivity index (χ3v) is 4.17. The third-order valence-electron chi connectivity index (χ3n) is 3.29. The Kier molecular flexibility index (Phi) is 4.11. The summed E-state index contributed by atoms with van der Waals surface area (Å²) < 4.78 is 0. The van der Waals surface area contributed by atoms with E-state index >= 15 is 0 Å². The van der Waals surface area contributed by atoms with Gasteiger partial charge in [-0.05, 0) is 19.3 Å². The number of carboxylic acid groups (broad SMARTS) is 1. The molecule has 2 rings (SSSR count). The first-order valence-corrected chi connectivity index (χ1v) is 7.02. The molecule has 2 heterocycles. The van der Waals surface area contributed by atoms with Crippen molar-refractivity contribution in [3.8, 4) is 0 Å². The number of nitrogens with one attached hydrogen (secondary N) is 1. The highest BCUT2D eigenvalue weighted by Gasteiger charge is 2.36. The molecule has 0 bridgehead atoms. The van der Waals surface area contributed by atoms with E-state index in [2.05, 4.69) is 5.32 Å². The van der Waals surface area contributed by atoms with Crippen molar-refractivity contribution in [2.45, 2.75) is 37.8 Å². The average Bonchev–Trinajstić information content (AvgIpc) is 2.75. The summed E-state index contributed by atoms with van der Waals surface area (Å²) in [6.45, 7) is 0.591. The Morgan fingerprint density at radius 2 is 2.22 bits per heavy atom. The second-order valence-electron chi connectivity index (χ2n) is 4.57. The van der Waals surface area contributed by atoms with E-state index in [0.717, 1.165) is 31.0 Å². The van der Waals surface area contributed by atoms with Crippen LogP contribution < -0.4 is 5.32 Å². The van der Waals surface area contributed by atoms with E-state index in [4.69, 9.17) is 5.11 Å². The van der Waals surface area contributed by atoms with Gasteiger partial charge in [0.2, 0.25) is 5.91 Å². The molecular formula is C11H16N2O4S. The van der Waals surface area contributed by atoms with Crippen molar-refractivity contribution in [2.24, 2.45) is 0 Å². The maximum Gasteiger partial charge on any atom is 0.305 e. The zero-order valence-corrected chi connectivity index (χ0v) is 10.7. The summed E-state index contributed by atoms with van der Waals surface area (Å²) in [6, 6.07) is -0.719. The normalized spacial score (nSPS) is 28.0. The lowest BCUT2D eigenvalue weighted by molar-refractivity contribution is -0.142. The van der Waals surface area contributed by atoms with Crippen LogP contribution in [0.4, 0.5) is 4.79 Å². The highest BCUT2D eigenvalue weighted by molar-refractivity contribution is 8.14. The van der Waals surface area contributed by atoms with Crippen molar-refractivity contribution in [1.29, 1.82) is 0 Å². The monoisotopic (exact) mass is 272 g/mol. The van der Waals surface area contributed by atoms with Crippen molar-refractivity contribution < 1.29 is 19.5 Å². The molecule has 2 aliphatic heterocycles. The number of carboxylic acids is 1. The largest absolute Gasteiger partial charge is 0.481 e. The Morgan fingerprint density at radius 3 is 2.83 bits per heavy atom. The number of hydrogen-bond donors (Lipinski definition) is 2. The second-order valence-corrected chi connectivity index (χ2v) is 5.57. The number of carbonyl (C=O) groups is 3. The van der Waals surface area contributed by atoms with Crippen LogP contribution >= 0.6 is 11.8 Å². The number of aliphatic carboxylic acids is 1. The number of carbonyl (C=O) groups excluding carboxylic acids is 2. The predicted molar refractivity (Wildman–Crippen MR) is 66.4 cm³/mol. The number of likely N-dealkylation sites (tertiary alicyclic amines) is 1. The standard InChI is InChI=1S/C11H16N2O4S/c14-9(15)5-7-3-1-2-4-13(7)10(16)8-6-18-11(17)12-8/h7-8H,1-6H2,(H,12,17)(H,14,15). The third kappa shape index (κ3) is 2.95. The molecule has 0 aliphatic carbocycles. The fourth-order valence-corrected chi connectivity index (χ4v) is 3.19. The summed E-state index contributed by atoms with van der Waals surface area (Å²) in [7, 11) is 0. The van der Waals surface area contributed by atoms with E-state index < -0.39 is 12.0 Å². The van der Waals surface area contributed by atoms with Gasteiger partial charge in [-0.2, -0.15) is 0 Å². The first-order chi connectivity index (χ1) is 8.58. The van der Waals surface area contributed by atoms with Gasteiger partial charge in [-0.25, -0.2) is 0 Å². The van der Waals surface area contributed by atoms with Gasteiger partial charge in [-0.3, -0.25) is 14.4 Å². The number of piperidine rings is 1. The van der Waals surface area contributed by atoms with Crippen LogP contribution in [0.5, 0.6) is 0 Å². The summed E-state index contributed by atoms with van der Waals surface area (Å²) in [6.07, 6.45) is 2.56.